The van der Waals surface area contributed by atoms with Crippen molar-refractivity contribution in [2.24, 2.45) is 10.2 Å². The highest BCUT2D eigenvalue weighted by atomic mass is 32.2. The number of fused-ring (bicyclic) bond motifs is 1. The van der Waals surface area contributed by atoms with Crippen LogP contribution >= 0.6 is 11.8 Å². The molecule has 1 aliphatic rings. The number of rotatable bonds is 1. The van der Waals surface area contributed by atoms with Crippen LogP contribution in [0.25, 0.3) is 0 Å². The third-order valence-corrected chi connectivity index (χ3v) is 4.88. The third-order valence-electron chi connectivity index (χ3n) is 4.20. The van der Waals surface area contributed by atoms with Crippen LogP contribution in [-0.4, -0.2) is 21.6 Å². The summed E-state index contributed by atoms with van der Waals surface area (Å²) in [6.07, 6.45) is 2.06. The normalized spacial score (nSPS) is 14.3. The van der Waals surface area contributed by atoms with Crippen molar-refractivity contribution in [3.63, 3.8) is 0 Å². The summed E-state index contributed by atoms with van der Waals surface area (Å²) < 4.78 is 2.35. The predicted molar refractivity (Wildman–Crippen MR) is 91.7 cm³/mol. The van der Waals surface area contributed by atoms with Gasteiger partial charge in [0.2, 0.25) is 0 Å². The Labute approximate surface area is 129 Å². The number of nitrogens with zero attached hydrogens (tertiary/aromatic N) is 3. The molecule has 108 valence electrons. The van der Waals surface area contributed by atoms with E-state index in [0.29, 0.717) is 0 Å². The van der Waals surface area contributed by atoms with E-state index < -0.39 is 0 Å². The smallest absolute Gasteiger partial charge is 0.117 e. The second-order valence-electron chi connectivity index (χ2n) is 5.28. The molecule has 0 atom stereocenters. The SMILES string of the molecule is CSC1=NN=C(c2ccccc2)c2c(C)c(C)c(C)n2C1. The van der Waals surface area contributed by atoms with Gasteiger partial charge in [0, 0.05) is 11.3 Å². The molecule has 1 aromatic carbocycles. The molecule has 0 N–H and O–H groups in total. The Kier molecular flexibility index (Phi) is 3.72. The summed E-state index contributed by atoms with van der Waals surface area (Å²) in [6.45, 7) is 7.34. The summed E-state index contributed by atoms with van der Waals surface area (Å²) in [6, 6.07) is 10.3. The second-order valence-corrected chi connectivity index (χ2v) is 6.16. The Balaban J connectivity index is 2.27. The van der Waals surface area contributed by atoms with Crippen LogP contribution in [0, 0.1) is 20.8 Å². The molecule has 0 aliphatic carbocycles. The van der Waals surface area contributed by atoms with Crippen molar-refractivity contribution in [2.45, 2.75) is 27.3 Å². The van der Waals surface area contributed by atoms with Crippen LogP contribution in [0.1, 0.15) is 28.1 Å². The molecule has 0 saturated carbocycles. The first-order valence-corrected chi connectivity index (χ1v) is 8.26. The van der Waals surface area contributed by atoms with Gasteiger partial charge in [-0.15, -0.1) is 22.0 Å². The Hall–Kier alpha value is -1.81. The summed E-state index contributed by atoms with van der Waals surface area (Å²) in [5.74, 6) is 0. The summed E-state index contributed by atoms with van der Waals surface area (Å²) in [4.78, 5) is 0. The molecule has 0 fully saturated rings. The van der Waals surface area contributed by atoms with Crippen LogP contribution in [-0.2, 0) is 6.54 Å². The monoisotopic (exact) mass is 297 g/mol. The molecule has 3 rings (SSSR count). The van der Waals surface area contributed by atoms with Crippen molar-refractivity contribution in [2.75, 3.05) is 6.26 Å². The van der Waals surface area contributed by atoms with E-state index in [2.05, 4.69) is 53.9 Å². The van der Waals surface area contributed by atoms with Gasteiger partial charge in [-0.3, -0.25) is 0 Å². The summed E-state index contributed by atoms with van der Waals surface area (Å²) in [5, 5.41) is 10.1. The maximum atomic E-state index is 4.57. The maximum Gasteiger partial charge on any atom is 0.117 e. The van der Waals surface area contributed by atoms with E-state index in [0.717, 1.165) is 22.9 Å². The molecule has 2 heterocycles. The van der Waals surface area contributed by atoms with Crippen molar-refractivity contribution in [3.05, 3.63) is 58.4 Å². The van der Waals surface area contributed by atoms with E-state index in [1.807, 2.05) is 18.2 Å². The maximum absolute atomic E-state index is 4.57. The number of aromatic nitrogens is 1. The van der Waals surface area contributed by atoms with Crippen LogP contribution < -0.4 is 0 Å². The molecule has 1 aliphatic heterocycles. The fraction of sp³-hybridized carbons (Fsp3) is 0.294. The van der Waals surface area contributed by atoms with Crippen molar-refractivity contribution >= 4 is 22.5 Å². The first-order chi connectivity index (χ1) is 10.1. The average Bonchev–Trinajstić information content (AvgIpc) is 2.70. The molecule has 0 saturated heterocycles. The van der Waals surface area contributed by atoms with Gasteiger partial charge in [-0.1, -0.05) is 30.3 Å². The van der Waals surface area contributed by atoms with Gasteiger partial charge in [0.15, 0.2) is 0 Å². The lowest BCUT2D eigenvalue weighted by molar-refractivity contribution is 0.822. The number of hydrogen-bond acceptors (Lipinski definition) is 3. The minimum absolute atomic E-state index is 0.802. The first kappa shape index (κ1) is 14.1. The van der Waals surface area contributed by atoms with Gasteiger partial charge in [-0.25, -0.2) is 0 Å². The zero-order chi connectivity index (χ0) is 15.0. The van der Waals surface area contributed by atoms with Gasteiger partial charge in [0.1, 0.15) is 10.8 Å². The molecule has 0 bridgehead atoms. The fourth-order valence-corrected chi connectivity index (χ4v) is 3.12. The van der Waals surface area contributed by atoms with Crippen molar-refractivity contribution in [1.29, 1.82) is 0 Å². The Morgan fingerprint density at radius 2 is 1.71 bits per heavy atom. The minimum atomic E-state index is 0.802. The molecule has 3 nitrogen and oxygen atoms in total. The van der Waals surface area contributed by atoms with Crippen molar-refractivity contribution in [3.8, 4) is 0 Å². The molecular formula is C17H19N3S. The average molecular weight is 297 g/mol. The Morgan fingerprint density at radius 1 is 1.00 bits per heavy atom. The lowest BCUT2D eigenvalue weighted by Crippen LogP contribution is -2.14. The molecule has 2 aromatic rings. The summed E-state index contributed by atoms with van der Waals surface area (Å²) >= 11 is 1.67. The van der Waals surface area contributed by atoms with Crippen molar-refractivity contribution in [1.82, 2.24) is 4.57 Å². The van der Waals surface area contributed by atoms with Gasteiger partial charge in [-0.05, 0) is 38.2 Å². The van der Waals surface area contributed by atoms with E-state index in [4.69, 9.17) is 0 Å². The molecule has 0 radical (unpaired) electrons. The highest BCUT2D eigenvalue weighted by molar-refractivity contribution is 8.13. The van der Waals surface area contributed by atoms with Crippen molar-refractivity contribution < 1.29 is 0 Å². The van der Waals surface area contributed by atoms with E-state index >= 15 is 0 Å². The Morgan fingerprint density at radius 3 is 2.38 bits per heavy atom. The standard InChI is InChI=1S/C17H19N3S/c1-11-12(2)17-16(14-8-6-5-7-9-14)19-18-15(21-4)10-20(17)13(11)3/h5-9H,10H2,1-4H3. The van der Waals surface area contributed by atoms with Gasteiger partial charge in [-0.2, -0.15) is 0 Å². The van der Waals surface area contributed by atoms with E-state index in [1.54, 1.807) is 11.8 Å². The Bertz CT molecular complexity index is 739. The largest absolute Gasteiger partial charge is 0.336 e. The molecule has 21 heavy (non-hydrogen) atoms. The summed E-state index contributed by atoms with van der Waals surface area (Å²) in [5.41, 5.74) is 7.22. The van der Waals surface area contributed by atoms with Gasteiger partial charge in [0.25, 0.3) is 0 Å². The second kappa shape index (κ2) is 5.53. The number of benzene rings is 1. The molecular weight excluding hydrogens is 278 g/mol. The number of thioether (sulfide) groups is 1. The van der Waals surface area contributed by atoms with Crippen LogP contribution in [0.4, 0.5) is 0 Å². The molecule has 0 spiro atoms. The van der Waals surface area contributed by atoms with Crippen LogP contribution in [0.5, 0.6) is 0 Å². The fourth-order valence-electron chi connectivity index (χ4n) is 2.74. The number of hydrogen-bond donors (Lipinski definition) is 0. The quantitative estimate of drug-likeness (QED) is 0.784. The highest BCUT2D eigenvalue weighted by Gasteiger charge is 2.23. The highest BCUT2D eigenvalue weighted by Crippen LogP contribution is 2.27. The topological polar surface area (TPSA) is 29.6 Å². The van der Waals surface area contributed by atoms with Crippen LogP contribution in [0.2, 0.25) is 0 Å². The first-order valence-electron chi connectivity index (χ1n) is 7.04. The zero-order valence-electron chi connectivity index (χ0n) is 12.8. The van der Waals surface area contributed by atoms with E-state index in [1.165, 1.54) is 22.5 Å². The van der Waals surface area contributed by atoms with E-state index in [9.17, 15) is 0 Å². The van der Waals surface area contributed by atoms with E-state index in [-0.39, 0.29) is 0 Å². The van der Waals surface area contributed by atoms with Gasteiger partial charge in [0.05, 0.1) is 12.2 Å². The van der Waals surface area contributed by atoms with Gasteiger partial charge >= 0.3 is 0 Å². The molecule has 4 heteroatoms. The molecule has 0 amide bonds. The lowest BCUT2D eigenvalue weighted by Gasteiger charge is -2.11. The third kappa shape index (κ3) is 2.33. The summed E-state index contributed by atoms with van der Waals surface area (Å²) in [7, 11) is 0. The zero-order valence-corrected chi connectivity index (χ0v) is 13.7. The predicted octanol–water partition coefficient (Wildman–Crippen LogP) is 3.94. The minimum Gasteiger partial charge on any atom is -0.336 e. The van der Waals surface area contributed by atoms with Crippen LogP contribution in [0.3, 0.4) is 0 Å². The molecule has 1 aromatic heterocycles. The van der Waals surface area contributed by atoms with Crippen LogP contribution in [0.15, 0.2) is 40.5 Å². The van der Waals surface area contributed by atoms with Gasteiger partial charge < -0.3 is 4.57 Å². The lowest BCUT2D eigenvalue weighted by atomic mass is 10.0. The molecule has 0 unspecified atom stereocenters.